The van der Waals surface area contributed by atoms with Crippen LogP contribution in [0.1, 0.15) is 0 Å². The second-order valence-corrected chi connectivity index (χ2v) is 4.44. The van der Waals surface area contributed by atoms with Gasteiger partial charge in [0.2, 0.25) is 0 Å². The molecule has 0 amide bonds. The van der Waals surface area contributed by atoms with Crippen LogP contribution >= 0.6 is 21.2 Å². The Kier molecular flexibility index (Phi) is 17.0. The fourth-order valence-electron chi connectivity index (χ4n) is 0.596. The monoisotopic (exact) mass is 406 g/mol. The Hall–Kier alpha value is 1.25. The second-order valence-electron chi connectivity index (χ2n) is 3.22. The first-order valence-electron chi connectivity index (χ1n) is 4.12. The molecule has 13 heavy (non-hydrogen) atoms. The number of rotatable bonds is 6. The number of nitrogens with zero attached hydrogens (tertiary/aromatic N) is 2. The van der Waals surface area contributed by atoms with Crippen LogP contribution in [0.2, 0.25) is 0 Å². The zero-order chi connectivity index (χ0) is 10.7. The normalized spacial score (nSPS) is 10.2. The maximum atomic E-state index is 4.61. The van der Waals surface area contributed by atoms with E-state index in [-0.39, 0.29) is 0 Å². The average Bonchev–Trinajstić information content (AvgIpc) is 2.06. The summed E-state index contributed by atoms with van der Waals surface area (Å²) in [6, 6.07) is 0. The van der Waals surface area contributed by atoms with Crippen LogP contribution in [-0.4, -0.2) is 62.6 Å². The molecule has 0 bridgehead atoms. The SMILES string of the molecule is CN(C)CCSCCN(C)C.[Cl][Pt+]. The molecule has 0 aromatic carbocycles. The Bertz CT molecular complexity index is 84.2. The first-order valence-corrected chi connectivity index (χ1v) is 8.09. The Morgan fingerprint density at radius 3 is 1.46 bits per heavy atom. The molecule has 0 fully saturated rings. The van der Waals surface area contributed by atoms with E-state index in [9.17, 15) is 0 Å². The molecule has 0 spiro atoms. The van der Waals surface area contributed by atoms with Gasteiger partial charge in [0.05, 0.1) is 0 Å². The molecule has 0 heterocycles. The quantitative estimate of drug-likeness (QED) is 0.618. The molecule has 0 aromatic rings. The molecule has 0 aliphatic rings. The fraction of sp³-hybridized carbons (Fsp3) is 1.00. The summed E-state index contributed by atoms with van der Waals surface area (Å²) < 4.78 is 0. The Morgan fingerprint density at radius 1 is 0.923 bits per heavy atom. The van der Waals surface area contributed by atoms with Crippen LogP contribution in [0.3, 0.4) is 0 Å². The third-order valence-corrected chi connectivity index (χ3v) is 2.31. The zero-order valence-electron chi connectivity index (χ0n) is 8.83. The van der Waals surface area contributed by atoms with E-state index in [1.54, 1.807) is 18.8 Å². The molecule has 0 radical (unpaired) electrons. The van der Waals surface area contributed by atoms with Crippen molar-refractivity contribution < 1.29 is 18.8 Å². The number of hydrogen-bond donors (Lipinski definition) is 0. The molecule has 0 rings (SSSR count). The third kappa shape index (κ3) is 19.6. The van der Waals surface area contributed by atoms with Gasteiger partial charge in [-0.2, -0.15) is 11.8 Å². The van der Waals surface area contributed by atoms with Crippen molar-refractivity contribution in [1.29, 1.82) is 0 Å². The Labute approximate surface area is 102 Å². The van der Waals surface area contributed by atoms with Crippen molar-refractivity contribution in [2.45, 2.75) is 0 Å². The van der Waals surface area contributed by atoms with Gasteiger partial charge in [-0.15, -0.1) is 0 Å². The van der Waals surface area contributed by atoms with Crippen LogP contribution in [0, 0.1) is 0 Å². The van der Waals surface area contributed by atoms with E-state index in [0.29, 0.717) is 0 Å². The summed E-state index contributed by atoms with van der Waals surface area (Å²) >= 11 is 3.64. The van der Waals surface area contributed by atoms with Crippen LogP contribution in [0.25, 0.3) is 0 Å². The second kappa shape index (κ2) is 13.2. The maximum absolute atomic E-state index is 4.61. The van der Waals surface area contributed by atoms with Crippen LogP contribution in [0.15, 0.2) is 0 Å². The molecular formula is C8H20ClN2PtS+. The van der Waals surface area contributed by atoms with E-state index >= 15 is 0 Å². The van der Waals surface area contributed by atoms with Crippen LogP contribution < -0.4 is 0 Å². The third-order valence-electron chi connectivity index (χ3n) is 1.37. The predicted molar refractivity (Wildman–Crippen MR) is 60.3 cm³/mol. The van der Waals surface area contributed by atoms with Crippen molar-refractivity contribution >= 4 is 21.2 Å². The van der Waals surface area contributed by atoms with Gasteiger partial charge in [-0.1, -0.05) is 0 Å². The van der Waals surface area contributed by atoms with Gasteiger partial charge in [-0.25, -0.2) is 0 Å². The van der Waals surface area contributed by atoms with Gasteiger partial charge >= 0.3 is 28.2 Å². The van der Waals surface area contributed by atoms with Gasteiger partial charge in [-0.3, -0.25) is 0 Å². The molecule has 5 heteroatoms. The van der Waals surface area contributed by atoms with E-state index in [4.69, 9.17) is 0 Å². The fourth-order valence-corrected chi connectivity index (χ4v) is 1.79. The molecule has 0 aromatic heterocycles. The molecule has 0 aliphatic carbocycles. The summed E-state index contributed by atoms with van der Waals surface area (Å²) in [5, 5.41) is 0. The van der Waals surface area contributed by atoms with Crippen molar-refractivity contribution in [1.82, 2.24) is 9.80 Å². The summed E-state index contributed by atoms with van der Waals surface area (Å²) in [5.74, 6) is 2.50. The number of halogens is 1. The molecule has 0 saturated heterocycles. The number of thioether (sulfide) groups is 1. The van der Waals surface area contributed by atoms with E-state index < -0.39 is 0 Å². The van der Waals surface area contributed by atoms with Crippen molar-refractivity contribution in [3.8, 4) is 0 Å². The zero-order valence-corrected chi connectivity index (χ0v) is 12.7. The molecule has 84 valence electrons. The summed E-state index contributed by atoms with van der Waals surface area (Å²) in [6.45, 7) is 2.39. The van der Waals surface area contributed by atoms with E-state index in [2.05, 4.69) is 47.4 Å². The van der Waals surface area contributed by atoms with Crippen molar-refractivity contribution in [3.05, 3.63) is 0 Å². The topological polar surface area (TPSA) is 6.48 Å². The van der Waals surface area contributed by atoms with Gasteiger partial charge in [-0.05, 0) is 28.2 Å². The van der Waals surface area contributed by atoms with Crippen LogP contribution in [-0.2, 0) is 18.8 Å². The van der Waals surface area contributed by atoms with Crippen molar-refractivity contribution in [2.24, 2.45) is 0 Å². The molecular weight excluding hydrogens is 387 g/mol. The summed E-state index contributed by atoms with van der Waals surface area (Å²) in [7, 11) is 13.1. The van der Waals surface area contributed by atoms with Gasteiger partial charge in [0, 0.05) is 24.6 Å². The molecule has 0 N–H and O–H groups in total. The van der Waals surface area contributed by atoms with Gasteiger partial charge < -0.3 is 9.80 Å². The van der Waals surface area contributed by atoms with Gasteiger partial charge in [0.15, 0.2) is 0 Å². The molecule has 2 nitrogen and oxygen atoms in total. The molecule has 0 unspecified atom stereocenters. The molecule has 0 atom stereocenters. The summed E-state index contributed by atoms with van der Waals surface area (Å²) in [5.41, 5.74) is 0. The average molecular weight is 407 g/mol. The van der Waals surface area contributed by atoms with E-state index in [1.165, 1.54) is 24.6 Å². The van der Waals surface area contributed by atoms with Gasteiger partial charge in [0.1, 0.15) is 0 Å². The summed E-state index contributed by atoms with van der Waals surface area (Å²) in [6.07, 6.45) is 0. The first kappa shape index (κ1) is 16.7. The van der Waals surface area contributed by atoms with E-state index in [1.807, 2.05) is 11.8 Å². The van der Waals surface area contributed by atoms with Crippen molar-refractivity contribution in [2.75, 3.05) is 52.8 Å². The summed E-state index contributed by atoms with van der Waals surface area (Å²) in [4.78, 5) is 4.45. The van der Waals surface area contributed by atoms with Crippen molar-refractivity contribution in [3.63, 3.8) is 0 Å². The van der Waals surface area contributed by atoms with Crippen LogP contribution in [0.5, 0.6) is 0 Å². The predicted octanol–water partition coefficient (Wildman–Crippen LogP) is 1.53. The van der Waals surface area contributed by atoms with E-state index in [0.717, 1.165) is 0 Å². The minimum atomic E-state index is 1.19. The van der Waals surface area contributed by atoms with Crippen LogP contribution in [0.4, 0.5) is 0 Å². The molecule has 0 saturated carbocycles. The Morgan fingerprint density at radius 2 is 1.23 bits per heavy atom. The standard InChI is InChI=1S/C8H20N2S.ClH.Pt/c1-9(2)5-7-11-8-6-10(3)4;;/h5-8H2,1-4H3;1H;/q;;+2/p-1. The van der Waals surface area contributed by atoms with Gasteiger partial charge in [0.25, 0.3) is 0 Å². The minimum absolute atomic E-state index is 1.19. The number of hydrogen-bond acceptors (Lipinski definition) is 3. The molecule has 0 aliphatic heterocycles. The Balaban J connectivity index is 0. The first-order chi connectivity index (χ1) is 6.13.